The summed E-state index contributed by atoms with van der Waals surface area (Å²) in [5.74, 6) is 1.30. The molecule has 0 aliphatic carbocycles. The van der Waals surface area contributed by atoms with Gasteiger partial charge in [0.05, 0.1) is 17.6 Å². The molecule has 1 fully saturated rings. The highest BCUT2D eigenvalue weighted by Gasteiger charge is 2.20. The normalized spacial score (nSPS) is 18.2. The van der Waals surface area contributed by atoms with Crippen molar-refractivity contribution in [2.24, 2.45) is 5.92 Å². The smallest absolute Gasteiger partial charge is 0.317 e. The number of amides is 2. The molecule has 0 radical (unpaired) electrons. The SMILES string of the molecule is CCCN1CCC[C@@H](CNC(=O)N(C)Cc2nc3ccc(Cl)cc3[nH]2)C1. The molecule has 142 valence electrons. The number of carbonyl (C=O) groups excluding carboxylic acids is 1. The maximum Gasteiger partial charge on any atom is 0.317 e. The predicted molar refractivity (Wildman–Crippen MR) is 105 cm³/mol. The maximum absolute atomic E-state index is 12.4. The van der Waals surface area contributed by atoms with Gasteiger partial charge in [-0.3, -0.25) is 0 Å². The van der Waals surface area contributed by atoms with Crippen LogP contribution in [-0.4, -0.2) is 59.0 Å². The van der Waals surface area contributed by atoms with Gasteiger partial charge in [-0.1, -0.05) is 18.5 Å². The molecule has 2 N–H and O–H groups in total. The first-order valence-corrected chi connectivity index (χ1v) is 9.78. The van der Waals surface area contributed by atoms with Gasteiger partial charge in [-0.05, 0) is 56.5 Å². The highest BCUT2D eigenvalue weighted by molar-refractivity contribution is 6.31. The Balaban J connectivity index is 1.49. The average Bonchev–Trinajstić information content (AvgIpc) is 3.01. The number of likely N-dealkylation sites (tertiary alicyclic amines) is 1. The van der Waals surface area contributed by atoms with Crippen LogP contribution in [0, 0.1) is 5.92 Å². The van der Waals surface area contributed by atoms with E-state index in [1.165, 1.54) is 25.8 Å². The molecule has 1 aromatic carbocycles. The second-order valence-electron chi connectivity index (χ2n) is 7.20. The predicted octanol–water partition coefficient (Wildman–Crippen LogP) is 3.48. The third-order valence-corrected chi connectivity index (χ3v) is 5.15. The molecular weight excluding hydrogens is 350 g/mol. The van der Waals surface area contributed by atoms with Crippen LogP contribution < -0.4 is 5.32 Å². The number of benzene rings is 1. The number of urea groups is 1. The second kappa shape index (κ2) is 8.73. The highest BCUT2D eigenvalue weighted by atomic mass is 35.5. The number of aromatic amines is 1. The van der Waals surface area contributed by atoms with Gasteiger partial charge in [-0.2, -0.15) is 0 Å². The van der Waals surface area contributed by atoms with E-state index >= 15 is 0 Å². The van der Waals surface area contributed by atoms with Crippen LogP contribution in [-0.2, 0) is 6.54 Å². The fourth-order valence-corrected chi connectivity index (χ4v) is 3.78. The summed E-state index contributed by atoms with van der Waals surface area (Å²) in [5, 5.41) is 3.75. The van der Waals surface area contributed by atoms with E-state index in [-0.39, 0.29) is 6.03 Å². The maximum atomic E-state index is 12.4. The van der Waals surface area contributed by atoms with Crippen molar-refractivity contribution in [2.75, 3.05) is 33.2 Å². The van der Waals surface area contributed by atoms with E-state index in [0.717, 1.165) is 36.5 Å². The summed E-state index contributed by atoms with van der Waals surface area (Å²) in [6.07, 6.45) is 3.59. The van der Waals surface area contributed by atoms with Gasteiger partial charge >= 0.3 is 6.03 Å². The van der Waals surface area contributed by atoms with Crippen molar-refractivity contribution in [1.29, 1.82) is 0 Å². The van der Waals surface area contributed by atoms with E-state index in [4.69, 9.17) is 11.6 Å². The van der Waals surface area contributed by atoms with E-state index < -0.39 is 0 Å². The van der Waals surface area contributed by atoms with Crippen molar-refractivity contribution in [3.05, 3.63) is 29.0 Å². The summed E-state index contributed by atoms with van der Waals surface area (Å²) in [4.78, 5) is 24.3. The van der Waals surface area contributed by atoms with Crippen molar-refractivity contribution in [3.63, 3.8) is 0 Å². The Kier molecular flexibility index (Phi) is 6.38. The molecule has 2 amide bonds. The standard InChI is InChI=1S/C19H28ClN5O/c1-3-8-25-9-4-5-14(12-25)11-21-19(26)24(2)13-18-22-16-7-6-15(20)10-17(16)23-18/h6-7,10,14H,3-5,8-9,11-13H2,1-2H3,(H,21,26)(H,22,23)/t14-/m0/s1. The number of carbonyl (C=O) groups is 1. The Labute approximate surface area is 159 Å². The number of fused-ring (bicyclic) bond motifs is 1. The molecule has 0 saturated carbocycles. The fraction of sp³-hybridized carbons (Fsp3) is 0.579. The van der Waals surface area contributed by atoms with Crippen LogP contribution >= 0.6 is 11.6 Å². The number of nitrogens with one attached hydrogen (secondary N) is 2. The van der Waals surface area contributed by atoms with Crippen LogP contribution in [0.25, 0.3) is 11.0 Å². The first kappa shape index (κ1) is 19.0. The number of piperidine rings is 1. The number of halogens is 1. The molecule has 1 aromatic heterocycles. The minimum absolute atomic E-state index is 0.0592. The molecule has 26 heavy (non-hydrogen) atoms. The molecule has 2 aromatic rings. The van der Waals surface area contributed by atoms with Crippen LogP contribution in [0.5, 0.6) is 0 Å². The van der Waals surface area contributed by atoms with Gasteiger partial charge in [0.1, 0.15) is 5.82 Å². The summed E-state index contributed by atoms with van der Waals surface area (Å²) in [5.41, 5.74) is 1.75. The number of hydrogen-bond acceptors (Lipinski definition) is 3. The van der Waals surface area contributed by atoms with Crippen molar-refractivity contribution in [2.45, 2.75) is 32.7 Å². The fourth-order valence-electron chi connectivity index (χ4n) is 3.61. The molecule has 1 saturated heterocycles. The van der Waals surface area contributed by atoms with E-state index in [1.807, 2.05) is 18.2 Å². The number of hydrogen-bond donors (Lipinski definition) is 2. The van der Waals surface area contributed by atoms with Crippen LogP contribution in [0.4, 0.5) is 4.79 Å². The summed E-state index contributed by atoms with van der Waals surface area (Å²) in [6.45, 7) is 6.81. The Bertz CT molecular complexity index is 745. The van der Waals surface area contributed by atoms with E-state index in [2.05, 4.69) is 27.1 Å². The van der Waals surface area contributed by atoms with E-state index in [9.17, 15) is 4.79 Å². The zero-order chi connectivity index (χ0) is 18.5. The van der Waals surface area contributed by atoms with Gasteiger partial charge in [-0.15, -0.1) is 0 Å². The number of aromatic nitrogens is 2. The van der Waals surface area contributed by atoms with Gasteiger partial charge in [0.2, 0.25) is 0 Å². The lowest BCUT2D eigenvalue weighted by Gasteiger charge is -2.32. The van der Waals surface area contributed by atoms with Gasteiger partial charge < -0.3 is 20.1 Å². The van der Waals surface area contributed by atoms with Crippen molar-refractivity contribution >= 4 is 28.7 Å². The summed E-state index contributed by atoms with van der Waals surface area (Å²) in [7, 11) is 1.79. The summed E-state index contributed by atoms with van der Waals surface area (Å²) < 4.78 is 0. The van der Waals surface area contributed by atoms with E-state index in [1.54, 1.807) is 11.9 Å². The molecule has 1 atom stereocenters. The quantitative estimate of drug-likeness (QED) is 0.810. The zero-order valence-corrected chi connectivity index (χ0v) is 16.4. The third-order valence-electron chi connectivity index (χ3n) is 4.91. The monoisotopic (exact) mass is 377 g/mol. The van der Waals surface area contributed by atoms with Gasteiger partial charge in [0.15, 0.2) is 0 Å². The number of nitrogens with zero attached hydrogens (tertiary/aromatic N) is 3. The zero-order valence-electron chi connectivity index (χ0n) is 15.6. The molecule has 2 heterocycles. The van der Waals surface area contributed by atoms with Crippen molar-refractivity contribution in [3.8, 4) is 0 Å². The third kappa shape index (κ3) is 4.89. The molecule has 7 heteroatoms. The molecule has 0 bridgehead atoms. The lowest BCUT2D eigenvalue weighted by molar-refractivity contribution is 0.167. The summed E-state index contributed by atoms with van der Waals surface area (Å²) >= 11 is 6.00. The lowest BCUT2D eigenvalue weighted by Crippen LogP contribution is -2.44. The lowest BCUT2D eigenvalue weighted by atomic mass is 9.98. The summed E-state index contributed by atoms with van der Waals surface area (Å²) in [6, 6.07) is 5.48. The first-order valence-electron chi connectivity index (χ1n) is 9.40. The minimum atomic E-state index is -0.0592. The molecule has 1 aliphatic heterocycles. The minimum Gasteiger partial charge on any atom is -0.340 e. The average molecular weight is 378 g/mol. The Morgan fingerprint density at radius 2 is 2.35 bits per heavy atom. The van der Waals surface area contributed by atoms with Crippen LogP contribution in [0.3, 0.4) is 0 Å². The topological polar surface area (TPSA) is 64.3 Å². The van der Waals surface area contributed by atoms with Crippen LogP contribution in [0.15, 0.2) is 18.2 Å². The number of imidazole rings is 1. The van der Waals surface area contributed by atoms with Crippen molar-refractivity contribution in [1.82, 2.24) is 25.1 Å². The molecule has 6 nitrogen and oxygen atoms in total. The Hall–Kier alpha value is -1.79. The highest BCUT2D eigenvalue weighted by Crippen LogP contribution is 2.18. The Morgan fingerprint density at radius 3 is 3.15 bits per heavy atom. The van der Waals surface area contributed by atoms with E-state index in [0.29, 0.717) is 17.5 Å². The first-order chi connectivity index (χ1) is 12.5. The van der Waals surface area contributed by atoms with Crippen molar-refractivity contribution < 1.29 is 4.79 Å². The second-order valence-corrected chi connectivity index (χ2v) is 7.63. The van der Waals surface area contributed by atoms with Crippen LogP contribution in [0.2, 0.25) is 5.02 Å². The van der Waals surface area contributed by atoms with Gasteiger partial charge in [0, 0.05) is 25.2 Å². The van der Waals surface area contributed by atoms with Gasteiger partial charge in [-0.25, -0.2) is 9.78 Å². The van der Waals surface area contributed by atoms with Gasteiger partial charge in [0.25, 0.3) is 0 Å². The largest absolute Gasteiger partial charge is 0.340 e. The molecule has 0 spiro atoms. The number of rotatable bonds is 6. The molecular formula is C19H28ClN5O. The molecule has 1 aliphatic rings. The molecule has 3 rings (SSSR count). The molecule has 0 unspecified atom stereocenters. The number of H-pyrrole nitrogens is 1. The van der Waals surface area contributed by atoms with Crippen LogP contribution in [0.1, 0.15) is 32.0 Å². The Morgan fingerprint density at radius 1 is 1.50 bits per heavy atom.